The van der Waals surface area contributed by atoms with E-state index in [9.17, 15) is 14.4 Å². The zero-order valence-electron chi connectivity index (χ0n) is 15.3. The number of aliphatic carboxylic acids is 1. The molecule has 29 heavy (non-hydrogen) atoms. The molecule has 0 atom stereocenters. The van der Waals surface area contributed by atoms with Crippen LogP contribution in [0.4, 0.5) is 10.5 Å². The van der Waals surface area contributed by atoms with Crippen LogP contribution in [0.25, 0.3) is 6.08 Å². The Morgan fingerprint density at radius 1 is 1.21 bits per heavy atom. The van der Waals surface area contributed by atoms with Crippen LogP contribution in [-0.4, -0.2) is 35.4 Å². The Morgan fingerprint density at radius 3 is 2.66 bits per heavy atom. The number of imide groups is 1. The third-order valence-corrected chi connectivity index (χ3v) is 4.90. The van der Waals surface area contributed by atoms with Crippen molar-refractivity contribution in [1.82, 2.24) is 0 Å². The van der Waals surface area contributed by atoms with Crippen molar-refractivity contribution in [3.8, 4) is 11.5 Å². The fourth-order valence-corrected chi connectivity index (χ4v) is 3.67. The van der Waals surface area contributed by atoms with Crippen molar-refractivity contribution in [2.45, 2.75) is 6.92 Å². The van der Waals surface area contributed by atoms with Crippen LogP contribution in [0, 0.1) is 0 Å². The monoisotopic (exact) mass is 433 g/mol. The van der Waals surface area contributed by atoms with E-state index in [1.54, 1.807) is 43.3 Å². The average molecular weight is 434 g/mol. The summed E-state index contributed by atoms with van der Waals surface area (Å²) in [5.41, 5.74) is 0.794. The molecule has 2 amide bonds. The van der Waals surface area contributed by atoms with Gasteiger partial charge < -0.3 is 14.6 Å². The Kier molecular flexibility index (Phi) is 6.46. The third kappa shape index (κ3) is 4.72. The van der Waals surface area contributed by atoms with Gasteiger partial charge in [-0.15, -0.1) is 0 Å². The van der Waals surface area contributed by atoms with E-state index in [0.29, 0.717) is 28.6 Å². The second-order valence-corrected chi connectivity index (χ2v) is 7.22. The standard InChI is InChI=1S/C20H16ClNO6S/c1-2-27-15-8-3-5-12(18(15)28-11-17(23)24)9-16-19(25)22(20(26)29-16)14-7-4-6-13(21)10-14/h3-10H,2,11H2,1H3,(H,23,24)/b16-9+. The van der Waals surface area contributed by atoms with Gasteiger partial charge in [-0.1, -0.05) is 29.8 Å². The number of nitrogens with zero attached hydrogens (tertiary/aromatic N) is 1. The summed E-state index contributed by atoms with van der Waals surface area (Å²) in [6, 6.07) is 11.4. The number of thioether (sulfide) groups is 1. The Hall–Kier alpha value is -2.97. The molecule has 0 radical (unpaired) electrons. The number of ether oxygens (including phenoxy) is 2. The molecule has 0 unspecified atom stereocenters. The number of amides is 2. The number of carboxylic acids is 1. The number of rotatable bonds is 7. The topological polar surface area (TPSA) is 93.1 Å². The van der Waals surface area contributed by atoms with Crippen LogP contribution in [0.3, 0.4) is 0 Å². The number of anilines is 1. The van der Waals surface area contributed by atoms with Gasteiger partial charge in [0.15, 0.2) is 18.1 Å². The molecule has 1 fully saturated rings. The van der Waals surface area contributed by atoms with Crippen LogP contribution in [0.1, 0.15) is 12.5 Å². The van der Waals surface area contributed by atoms with E-state index in [-0.39, 0.29) is 10.7 Å². The van der Waals surface area contributed by atoms with E-state index in [2.05, 4.69) is 0 Å². The van der Waals surface area contributed by atoms with Crippen LogP contribution < -0.4 is 14.4 Å². The van der Waals surface area contributed by atoms with Gasteiger partial charge in [0, 0.05) is 10.6 Å². The highest BCUT2D eigenvalue weighted by molar-refractivity contribution is 8.19. The SMILES string of the molecule is CCOc1cccc(/C=C2/SC(=O)N(c3cccc(Cl)c3)C2=O)c1OCC(=O)O. The summed E-state index contributed by atoms with van der Waals surface area (Å²) in [5.74, 6) is -1.13. The average Bonchev–Trinajstić information content (AvgIpc) is 2.94. The normalized spacial score (nSPS) is 15.1. The first-order chi connectivity index (χ1) is 13.9. The van der Waals surface area contributed by atoms with Crippen LogP contribution in [-0.2, 0) is 9.59 Å². The highest BCUT2D eigenvalue weighted by Crippen LogP contribution is 2.39. The minimum absolute atomic E-state index is 0.170. The number of hydrogen-bond acceptors (Lipinski definition) is 6. The Morgan fingerprint density at radius 2 is 1.97 bits per heavy atom. The lowest BCUT2D eigenvalue weighted by Gasteiger charge is -2.14. The second kappa shape index (κ2) is 9.02. The predicted octanol–water partition coefficient (Wildman–Crippen LogP) is 4.44. The van der Waals surface area contributed by atoms with E-state index in [4.69, 9.17) is 26.2 Å². The highest BCUT2D eigenvalue weighted by Gasteiger charge is 2.36. The molecule has 7 nitrogen and oxygen atoms in total. The largest absolute Gasteiger partial charge is 0.490 e. The fraction of sp³-hybridized carbons (Fsp3) is 0.150. The van der Waals surface area contributed by atoms with Crippen molar-refractivity contribution in [2.24, 2.45) is 0 Å². The van der Waals surface area contributed by atoms with E-state index in [0.717, 1.165) is 16.7 Å². The van der Waals surface area contributed by atoms with Gasteiger partial charge in [0.25, 0.3) is 11.1 Å². The molecule has 2 aromatic rings. The summed E-state index contributed by atoms with van der Waals surface area (Å²) in [5, 5.41) is 8.87. The minimum atomic E-state index is -1.15. The quantitative estimate of drug-likeness (QED) is 0.645. The van der Waals surface area contributed by atoms with Gasteiger partial charge in [-0.25, -0.2) is 9.69 Å². The van der Waals surface area contributed by atoms with Crippen LogP contribution in [0.2, 0.25) is 5.02 Å². The molecule has 150 valence electrons. The molecule has 0 aliphatic carbocycles. The second-order valence-electron chi connectivity index (χ2n) is 5.79. The molecule has 1 heterocycles. The minimum Gasteiger partial charge on any atom is -0.490 e. The zero-order valence-corrected chi connectivity index (χ0v) is 16.8. The molecular weight excluding hydrogens is 418 g/mol. The van der Waals surface area contributed by atoms with Crippen molar-refractivity contribution in [2.75, 3.05) is 18.1 Å². The number of halogens is 1. The first-order valence-corrected chi connectivity index (χ1v) is 9.74. The van der Waals surface area contributed by atoms with Crippen molar-refractivity contribution >= 4 is 52.2 Å². The van der Waals surface area contributed by atoms with Gasteiger partial charge in [0.1, 0.15) is 0 Å². The number of para-hydroxylation sites is 1. The molecular formula is C20H16ClNO6S. The predicted molar refractivity (Wildman–Crippen MR) is 111 cm³/mol. The molecule has 1 aliphatic heterocycles. The number of hydrogen-bond donors (Lipinski definition) is 1. The first-order valence-electron chi connectivity index (χ1n) is 8.54. The lowest BCUT2D eigenvalue weighted by Crippen LogP contribution is -2.27. The lowest BCUT2D eigenvalue weighted by atomic mass is 10.1. The molecule has 3 rings (SSSR count). The molecule has 0 aromatic heterocycles. The van der Waals surface area contributed by atoms with E-state index < -0.39 is 23.7 Å². The molecule has 1 N–H and O–H groups in total. The summed E-state index contributed by atoms with van der Waals surface area (Å²) in [7, 11) is 0. The maximum atomic E-state index is 12.8. The number of benzene rings is 2. The van der Waals surface area contributed by atoms with Crippen molar-refractivity contribution < 1.29 is 29.0 Å². The van der Waals surface area contributed by atoms with Crippen LogP contribution >= 0.6 is 23.4 Å². The maximum absolute atomic E-state index is 12.8. The summed E-state index contributed by atoms with van der Waals surface area (Å²) < 4.78 is 10.9. The third-order valence-electron chi connectivity index (χ3n) is 3.80. The van der Waals surface area contributed by atoms with Crippen molar-refractivity contribution in [1.29, 1.82) is 0 Å². The highest BCUT2D eigenvalue weighted by atomic mass is 35.5. The number of carbonyl (C=O) groups is 3. The Balaban J connectivity index is 1.97. The van der Waals surface area contributed by atoms with Gasteiger partial charge in [-0.2, -0.15) is 0 Å². The lowest BCUT2D eigenvalue weighted by molar-refractivity contribution is -0.139. The smallest absolute Gasteiger partial charge is 0.341 e. The van der Waals surface area contributed by atoms with Crippen LogP contribution in [0.5, 0.6) is 11.5 Å². The summed E-state index contributed by atoms with van der Waals surface area (Å²) in [6.45, 7) is 1.55. The zero-order chi connectivity index (χ0) is 21.0. The Labute approximate surface area is 175 Å². The number of carboxylic acid groups (broad SMARTS) is 1. The fourth-order valence-electron chi connectivity index (χ4n) is 2.65. The molecule has 1 saturated heterocycles. The first kappa shape index (κ1) is 20.8. The molecule has 9 heteroatoms. The molecule has 0 spiro atoms. The summed E-state index contributed by atoms with van der Waals surface area (Å²) in [6.07, 6.45) is 1.48. The van der Waals surface area contributed by atoms with Gasteiger partial charge in [-0.3, -0.25) is 9.59 Å². The molecule has 0 bridgehead atoms. The van der Waals surface area contributed by atoms with Gasteiger partial charge in [0.2, 0.25) is 0 Å². The van der Waals surface area contributed by atoms with E-state index >= 15 is 0 Å². The molecule has 1 aliphatic rings. The van der Waals surface area contributed by atoms with Crippen LogP contribution in [0.15, 0.2) is 47.4 Å². The van der Waals surface area contributed by atoms with Crippen molar-refractivity contribution in [3.63, 3.8) is 0 Å². The van der Waals surface area contributed by atoms with E-state index in [1.807, 2.05) is 0 Å². The van der Waals surface area contributed by atoms with Gasteiger partial charge >= 0.3 is 5.97 Å². The molecule has 0 saturated carbocycles. The summed E-state index contributed by atoms with van der Waals surface area (Å²) >= 11 is 6.74. The maximum Gasteiger partial charge on any atom is 0.341 e. The molecule has 2 aromatic carbocycles. The summed E-state index contributed by atoms with van der Waals surface area (Å²) in [4.78, 5) is 37.4. The van der Waals surface area contributed by atoms with E-state index in [1.165, 1.54) is 12.1 Å². The van der Waals surface area contributed by atoms with Gasteiger partial charge in [-0.05, 0) is 49.0 Å². The van der Waals surface area contributed by atoms with Gasteiger partial charge in [0.05, 0.1) is 17.2 Å². The van der Waals surface area contributed by atoms with Crippen molar-refractivity contribution in [3.05, 3.63) is 58.0 Å². The Bertz CT molecular complexity index is 1010. The number of carbonyl (C=O) groups excluding carboxylic acids is 2.